The van der Waals surface area contributed by atoms with E-state index in [1.165, 1.54) is 6.33 Å². The Morgan fingerprint density at radius 1 is 1.38 bits per heavy atom. The highest BCUT2D eigenvalue weighted by molar-refractivity contribution is 6.31. The molecule has 0 aromatic carbocycles. The Hall–Kier alpha value is -1.09. The average Bonchev–Trinajstić information content (AvgIpc) is 2.56. The molecule has 0 unspecified atom stereocenters. The van der Waals surface area contributed by atoms with Gasteiger partial charge in [-0.15, -0.1) is 0 Å². The zero-order valence-electron chi connectivity index (χ0n) is 7.95. The van der Waals surface area contributed by atoms with Crippen molar-refractivity contribution in [2.24, 2.45) is 0 Å². The van der Waals surface area contributed by atoms with E-state index in [1.807, 2.05) is 27.0 Å². The van der Waals surface area contributed by atoms with Gasteiger partial charge in [-0.2, -0.15) is 5.10 Å². The third-order valence-corrected chi connectivity index (χ3v) is 1.96. The molecule has 2 aromatic heterocycles. The van der Waals surface area contributed by atoms with Gasteiger partial charge in [0, 0.05) is 17.3 Å². The molecule has 0 N–H and O–H groups in total. The van der Waals surface area contributed by atoms with Gasteiger partial charge in [0.05, 0.1) is 0 Å². The van der Waals surface area contributed by atoms with Gasteiger partial charge >= 0.3 is 0 Å². The number of nitrogens with zero attached hydrogens (tertiary/aromatic N) is 3. The van der Waals surface area contributed by atoms with Gasteiger partial charge < -0.3 is 0 Å². The molecule has 0 spiro atoms. The zero-order valence-corrected chi connectivity index (χ0v) is 8.71. The van der Waals surface area contributed by atoms with Crippen molar-refractivity contribution in [2.75, 3.05) is 0 Å². The monoisotopic (exact) mass is 197 g/mol. The maximum absolute atomic E-state index is 5.86. The van der Waals surface area contributed by atoms with Gasteiger partial charge in [0.2, 0.25) is 0 Å². The van der Waals surface area contributed by atoms with Crippen molar-refractivity contribution in [3.8, 4) is 0 Å². The molecule has 2 aromatic rings. The van der Waals surface area contributed by atoms with Crippen LogP contribution in [0.1, 0.15) is 19.4 Å². The molecule has 0 saturated heterocycles. The molecule has 0 aliphatic heterocycles. The van der Waals surface area contributed by atoms with Gasteiger partial charge in [-0.3, -0.25) is 0 Å². The minimum Gasteiger partial charge on any atom is -0.221 e. The maximum Gasteiger partial charge on any atom is 0.156 e. The lowest BCUT2D eigenvalue weighted by Crippen LogP contribution is -1.88. The van der Waals surface area contributed by atoms with Crippen LogP contribution < -0.4 is 0 Å². The summed E-state index contributed by atoms with van der Waals surface area (Å²) in [6.07, 6.45) is 3.36. The van der Waals surface area contributed by atoms with E-state index in [1.54, 1.807) is 10.6 Å². The van der Waals surface area contributed by atoms with Gasteiger partial charge in [0.15, 0.2) is 5.65 Å². The predicted molar refractivity (Wildman–Crippen MR) is 54.1 cm³/mol. The largest absolute Gasteiger partial charge is 0.221 e. The summed E-state index contributed by atoms with van der Waals surface area (Å²) >= 11 is 5.86. The summed E-state index contributed by atoms with van der Waals surface area (Å²) in [5.74, 6) is 0. The molecule has 13 heavy (non-hydrogen) atoms. The van der Waals surface area contributed by atoms with E-state index in [0.717, 1.165) is 16.2 Å². The second-order valence-corrected chi connectivity index (χ2v) is 2.77. The second kappa shape index (κ2) is 4.23. The summed E-state index contributed by atoms with van der Waals surface area (Å²) in [4.78, 5) is 3.99. The van der Waals surface area contributed by atoms with E-state index in [4.69, 9.17) is 11.6 Å². The van der Waals surface area contributed by atoms with Crippen LogP contribution in [-0.4, -0.2) is 14.6 Å². The molecule has 0 aliphatic carbocycles. The van der Waals surface area contributed by atoms with Crippen molar-refractivity contribution < 1.29 is 0 Å². The van der Waals surface area contributed by atoms with Crippen LogP contribution in [-0.2, 0) is 0 Å². The molecule has 0 amide bonds. The van der Waals surface area contributed by atoms with Crippen LogP contribution in [0, 0.1) is 6.92 Å². The fourth-order valence-corrected chi connectivity index (χ4v) is 1.08. The first kappa shape index (κ1) is 9.99. The first-order valence-corrected chi connectivity index (χ1v) is 4.60. The third-order valence-electron chi connectivity index (χ3n) is 1.55. The predicted octanol–water partition coefficient (Wildman–Crippen LogP) is 2.72. The van der Waals surface area contributed by atoms with Crippen LogP contribution in [0.2, 0.25) is 5.02 Å². The van der Waals surface area contributed by atoms with Crippen LogP contribution in [0.4, 0.5) is 0 Å². The summed E-state index contributed by atoms with van der Waals surface area (Å²) in [6.45, 7) is 5.93. The Kier molecular flexibility index (Phi) is 3.25. The molecular formula is C9H12ClN3. The Morgan fingerprint density at radius 2 is 2.08 bits per heavy atom. The summed E-state index contributed by atoms with van der Waals surface area (Å²) in [7, 11) is 0. The highest BCUT2D eigenvalue weighted by Crippen LogP contribution is 2.15. The number of pyridine rings is 1. The fourth-order valence-electron chi connectivity index (χ4n) is 0.934. The average molecular weight is 198 g/mol. The number of hydrogen-bond acceptors (Lipinski definition) is 2. The van der Waals surface area contributed by atoms with Gasteiger partial charge in [0.25, 0.3) is 0 Å². The normalized spacial score (nSPS) is 9.54. The topological polar surface area (TPSA) is 30.2 Å². The lowest BCUT2D eigenvalue weighted by molar-refractivity contribution is 0.952. The van der Waals surface area contributed by atoms with Crippen molar-refractivity contribution in [2.45, 2.75) is 20.8 Å². The lowest BCUT2D eigenvalue weighted by Gasteiger charge is -1.96. The van der Waals surface area contributed by atoms with Crippen LogP contribution in [0.3, 0.4) is 0 Å². The van der Waals surface area contributed by atoms with Crippen molar-refractivity contribution >= 4 is 17.2 Å². The Morgan fingerprint density at radius 3 is 2.77 bits per heavy atom. The molecule has 0 bridgehead atoms. The first-order valence-electron chi connectivity index (χ1n) is 4.23. The first-order chi connectivity index (χ1) is 6.27. The summed E-state index contributed by atoms with van der Waals surface area (Å²) in [6, 6.07) is 1.80. The lowest BCUT2D eigenvalue weighted by atomic mass is 10.3. The molecule has 0 saturated carbocycles. The molecule has 3 nitrogen and oxygen atoms in total. The van der Waals surface area contributed by atoms with Gasteiger partial charge in [-0.1, -0.05) is 25.4 Å². The molecule has 70 valence electrons. The van der Waals surface area contributed by atoms with E-state index >= 15 is 0 Å². The molecule has 4 heteroatoms. The van der Waals surface area contributed by atoms with Gasteiger partial charge in [-0.25, -0.2) is 9.50 Å². The molecule has 2 heterocycles. The van der Waals surface area contributed by atoms with E-state index in [-0.39, 0.29) is 0 Å². The van der Waals surface area contributed by atoms with Crippen molar-refractivity contribution in [1.29, 1.82) is 0 Å². The number of halogens is 1. The van der Waals surface area contributed by atoms with E-state index in [0.29, 0.717) is 0 Å². The van der Waals surface area contributed by atoms with E-state index in [9.17, 15) is 0 Å². The minimum absolute atomic E-state index is 0.727. The molecular weight excluding hydrogens is 186 g/mol. The molecule has 0 aliphatic rings. The molecule has 0 atom stereocenters. The molecule has 0 fully saturated rings. The third kappa shape index (κ3) is 1.98. The van der Waals surface area contributed by atoms with Gasteiger partial charge in [0.1, 0.15) is 6.33 Å². The number of aryl methyl sites for hydroxylation is 1. The Bertz CT molecular complexity index is 359. The summed E-state index contributed by atoms with van der Waals surface area (Å²) in [5, 5.41) is 4.69. The smallest absolute Gasteiger partial charge is 0.156 e. The summed E-state index contributed by atoms with van der Waals surface area (Å²) < 4.78 is 1.70. The fraction of sp³-hybridized carbons (Fsp3) is 0.333. The van der Waals surface area contributed by atoms with Crippen LogP contribution in [0.15, 0.2) is 18.6 Å². The maximum atomic E-state index is 5.86. The van der Waals surface area contributed by atoms with E-state index in [2.05, 4.69) is 10.1 Å². The zero-order chi connectivity index (χ0) is 9.84. The quantitative estimate of drug-likeness (QED) is 0.650. The molecule has 2 rings (SSSR count). The van der Waals surface area contributed by atoms with Gasteiger partial charge in [-0.05, 0) is 12.5 Å². The van der Waals surface area contributed by atoms with Crippen molar-refractivity contribution in [3.05, 3.63) is 29.2 Å². The van der Waals surface area contributed by atoms with Crippen LogP contribution >= 0.6 is 11.6 Å². The van der Waals surface area contributed by atoms with Crippen molar-refractivity contribution in [1.82, 2.24) is 14.6 Å². The number of aromatic nitrogens is 3. The Labute approximate surface area is 82.4 Å². The summed E-state index contributed by atoms with van der Waals surface area (Å²) in [5.41, 5.74) is 1.78. The van der Waals surface area contributed by atoms with E-state index < -0.39 is 0 Å². The number of rotatable bonds is 0. The SMILES string of the molecule is CC.Cc1cn2ncnc2cc1Cl. The highest BCUT2D eigenvalue weighted by atomic mass is 35.5. The minimum atomic E-state index is 0.727. The van der Waals surface area contributed by atoms with Crippen molar-refractivity contribution in [3.63, 3.8) is 0 Å². The standard InChI is InChI=1S/C7H6ClN3.C2H6/c1-5-3-11-7(2-6(5)8)9-4-10-11;1-2/h2-4H,1H3;1-2H3. The molecule has 0 radical (unpaired) electrons. The number of fused-ring (bicyclic) bond motifs is 1. The van der Waals surface area contributed by atoms with Crippen LogP contribution in [0.25, 0.3) is 5.65 Å². The number of hydrogen-bond donors (Lipinski definition) is 0. The Balaban J connectivity index is 0.000000396. The second-order valence-electron chi connectivity index (χ2n) is 2.37. The van der Waals surface area contributed by atoms with Crippen LogP contribution in [0.5, 0.6) is 0 Å². The highest BCUT2D eigenvalue weighted by Gasteiger charge is 1.98.